The second kappa shape index (κ2) is 5.77. The van der Waals surface area contributed by atoms with Crippen molar-refractivity contribution in [1.82, 2.24) is 14.9 Å². The predicted molar refractivity (Wildman–Crippen MR) is 69.9 cm³/mol. The minimum Gasteiger partial charge on any atom is -0.368 e. The summed E-state index contributed by atoms with van der Waals surface area (Å²) in [6.45, 7) is 8.06. The number of halogens is 1. The first-order valence-electron chi connectivity index (χ1n) is 6.39. The summed E-state index contributed by atoms with van der Waals surface area (Å²) in [6.07, 6.45) is -0.248. The summed E-state index contributed by atoms with van der Waals surface area (Å²) >= 11 is 0. The van der Waals surface area contributed by atoms with Gasteiger partial charge in [-0.2, -0.15) is 0 Å². The molecule has 0 radical (unpaired) electrons. The highest BCUT2D eigenvalue weighted by Gasteiger charge is 2.27. The van der Waals surface area contributed by atoms with Crippen LogP contribution in [-0.2, 0) is 4.74 Å². The number of rotatable bonds is 3. The average Bonchev–Trinajstić information content (AvgIpc) is 2.41. The van der Waals surface area contributed by atoms with Crippen LogP contribution in [0.1, 0.15) is 31.5 Å². The maximum atomic E-state index is 13.6. The number of morpholine rings is 1. The van der Waals surface area contributed by atoms with E-state index in [1.54, 1.807) is 6.92 Å². The van der Waals surface area contributed by atoms with Crippen molar-refractivity contribution < 1.29 is 9.13 Å². The average molecular weight is 269 g/mol. The fraction of sp³-hybridized carbons (Fsp3) is 0.667. The zero-order valence-corrected chi connectivity index (χ0v) is 11.5. The Balaban J connectivity index is 2.24. The fourth-order valence-corrected chi connectivity index (χ4v) is 2.11. The summed E-state index contributed by atoms with van der Waals surface area (Å²) < 4.78 is 19.3. The van der Waals surface area contributed by atoms with Crippen LogP contribution in [-0.4, -0.2) is 40.6 Å². The van der Waals surface area contributed by atoms with Gasteiger partial charge in [-0.05, 0) is 20.8 Å². The number of hydrazine groups is 1. The van der Waals surface area contributed by atoms with Gasteiger partial charge in [-0.3, -0.25) is 4.90 Å². The Bertz CT molecular complexity index is 454. The molecule has 1 saturated heterocycles. The molecule has 0 spiro atoms. The van der Waals surface area contributed by atoms with Gasteiger partial charge < -0.3 is 10.2 Å². The summed E-state index contributed by atoms with van der Waals surface area (Å²) in [5, 5.41) is 0. The number of aryl methyl sites for hydroxylation is 1. The van der Waals surface area contributed by atoms with Crippen LogP contribution in [0.4, 0.5) is 10.2 Å². The lowest BCUT2D eigenvalue weighted by atomic mass is 10.2. The van der Waals surface area contributed by atoms with Gasteiger partial charge in [0, 0.05) is 19.1 Å². The van der Waals surface area contributed by atoms with E-state index < -0.39 is 5.82 Å². The van der Waals surface area contributed by atoms with Crippen molar-refractivity contribution in [1.29, 1.82) is 0 Å². The molecule has 106 valence electrons. The van der Waals surface area contributed by atoms with E-state index in [0.717, 1.165) is 6.54 Å². The van der Waals surface area contributed by atoms with E-state index in [4.69, 9.17) is 10.6 Å². The monoisotopic (exact) mass is 269 g/mol. The smallest absolute Gasteiger partial charge is 0.187 e. The zero-order chi connectivity index (χ0) is 14.0. The van der Waals surface area contributed by atoms with Crippen molar-refractivity contribution in [2.45, 2.75) is 32.9 Å². The number of nitrogens with two attached hydrogens (primary N) is 1. The maximum Gasteiger partial charge on any atom is 0.187 e. The topological polar surface area (TPSA) is 76.3 Å². The highest BCUT2D eigenvalue weighted by Crippen LogP contribution is 2.23. The van der Waals surface area contributed by atoms with Crippen LogP contribution in [0.2, 0.25) is 0 Å². The van der Waals surface area contributed by atoms with Crippen molar-refractivity contribution in [3.8, 4) is 0 Å². The van der Waals surface area contributed by atoms with Crippen LogP contribution in [0.25, 0.3) is 0 Å². The molecule has 19 heavy (non-hydrogen) atoms. The summed E-state index contributed by atoms with van der Waals surface area (Å²) in [7, 11) is 0. The van der Waals surface area contributed by atoms with Crippen molar-refractivity contribution in [3.05, 3.63) is 17.3 Å². The third-order valence-corrected chi connectivity index (χ3v) is 3.29. The molecule has 0 amide bonds. The minimum absolute atomic E-state index is 0.00719. The Kier molecular flexibility index (Phi) is 4.28. The molecule has 0 saturated carbocycles. The number of aromatic nitrogens is 2. The summed E-state index contributed by atoms with van der Waals surface area (Å²) in [6, 6.07) is 0.431. The first-order valence-corrected chi connectivity index (χ1v) is 6.39. The number of nitrogens with zero attached hydrogens (tertiary/aromatic N) is 3. The van der Waals surface area contributed by atoms with Crippen molar-refractivity contribution >= 4 is 5.82 Å². The quantitative estimate of drug-likeness (QED) is 0.629. The van der Waals surface area contributed by atoms with Gasteiger partial charge in [-0.15, -0.1) is 0 Å². The number of anilines is 1. The first-order chi connectivity index (χ1) is 9.02. The fourth-order valence-electron chi connectivity index (χ4n) is 2.11. The predicted octanol–water partition coefficient (Wildman–Crippen LogP) is 0.991. The minimum atomic E-state index is -0.525. The molecule has 1 aromatic rings. The lowest BCUT2D eigenvalue weighted by Gasteiger charge is -2.34. The molecule has 0 aliphatic carbocycles. The van der Waals surface area contributed by atoms with E-state index in [9.17, 15) is 4.39 Å². The zero-order valence-electron chi connectivity index (χ0n) is 11.5. The normalized spacial score (nSPS) is 20.8. The van der Waals surface area contributed by atoms with E-state index >= 15 is 0 Å². The largest absolute Gasteiger partial charge is 0.368 e. The third kappa shape index (κ3) is 2.99. The van der Waals surface area contributed by atoms with Gasteiger partial charge >= 0.3 is 0 Å². The molecule has 1 aliphatic rings. The van der Waals surface area contributed by atoms with Gasteiger partial charge in [-0.25, -0.2) is 20.2 Å². The summed E-state index contributed by atoms with van der Waals surface area (Å²) in [5.41, 5.74) is 2.52. The van der Waals surface area contributed by atoms with E-state index in [-0.39, 0.29) is 17.6 Å². The third-order valence-electron chi connectivity index (χ3n) is 3.29. The van der Waals surface area contributed by atoms with E-state index in [2.05, 4.69) is 34.1 Å². The van der Waals surface area contributed by atoms with Crippen LogP contribution >= 0.6 is 0 Å². The van der Waals surface area contributed by atoms with Crippen molar-refractivity contribution in [2.24, 2.45) is 5.84 Å². The SMILES string of the molecule is Cc1nc(C2CN(C(C)C)CCO2)nc(NN)c1F. The highest BCUT2D eigenvalue weighted by molar-refractivity contribution is 5.36. The molecule has 2 heterocycles. The molecular formula is C12H20FN5O. The van der Waals surface area contributed by atoms with E-state index in [0.29, 0.717) is 25.0 Å². The van der Waals surface area contributed by atoms with Gasteiger partial charge in [0.1, 0.15) is 6.10 Å². The van der Waals surface area contributed by atoms with E-state index in [1.807, 2.05) is 0 Å². The molecule has 6 nitrogen and oxygen atoms in total. The maximum absolute atomic E-state index is 13.6. The van der Waals surface area contributed by atoms with Gasteiger partial charge in [0.25, 0.3) is 0 Å². The van der Waals surface area contributed by atoms with Gasteiger partial charge in [0.15, 0.2) is 17.5 Å². The van der Waals surface area contributed by atoms with Crippen LogP contribution < -0.4 is 11.3 Å². The molecule has 2 rings (SSSR count). The lowest BCUT2D eigenvalue weighted by molar-refractivity contribution is -0.0443. The Morgan fingerprint density at radius 1 is 1.47 bits per heavy atom. The first kappa shape index (κ1) is 14.1. The molecule has 0 aromatic carbocycles. The molecule has 1 aromatic heterocycles. The summed E-state index contributed by atoms with van der Waals surface area (Å²) in [4.78, 5) is 10.5. The van der Waals surface area contributed by atoms with Crippen LogP contribution in [0.15, 0.2) is 0 Å². The second-order valence-electron chi connectivity index (χ2n) is 4.92. The van der Waals surface area contributed by atoms with Crippen molar-refractivity contribution in [3.63, 3.8) is 0 Å². The van der Waals surface area contributed by atoms with Crippen LogP contribution in [0.5, 0.6) is 0 Å². The van der Waals surface area contributed by atoms with Crippen LogP contribution in [0.3, 0.4) is 0 Å². The second-order valence-corrected chi connectivity index (χ2v) is 4.92. The molecule has 1 atom stereocenters. The molecule has 1 fully saturated rings. The molecule has 3 N–H and O–H groups in total. The van der Waals surface area contributed by atoms with Gasteiger partial charge in [-0.1, -0.05) is 0 Å². The Morgan fingerprint density at radius 2 is 2.21 bits per heavy atom. The molecule has 1 unspecified atom stereocenters. The number of hydrogen-bond donors (Lipinski definition) is 2. The number of ether oxygens (including phenoxy) is 1. The van der Waals surface area contributed by atoms with E-state index in [1.165, 1.54) is 0 Å². The van der Waals surface area contributed by atoms with Gasteiger partial charge in [0.05, 0.1) is 12.3 Å². The van der Waals surface area contributed by atoms with Crippen LogP contribution in [0, 0.1) is 12.7 Å². The summed E-state index contributed by atoms with van der Waals surface area (Å²) in [5.74, 6) is 5.21. The Labute approximate surface area is 112 Å². The highest BCUT2D eigenvalue weighted by atomic mass is 19.1. The molecular weight excluding hydrogens is 249 g/mol. The Hall–Kier alpha value is -1.31. The van der Waals surface area contributed by atoms with Gasteiger partial charge in [0.2, 0.25) is 0 Å². The lowest BCUT2D eigenvalue weighted by Crippen LogP contribution is -2.42. The Morgan fingerprint density at radius 3 is 2.84 bits per heavy atom. The molecule has 7 heteroatoms. The standard InChI is InChI=1S/C12H20FN5O/c1-7(2)18-4-5-19-9(6-18)11-15-8(3)10(13)12(16-11)17-14/h7,9H,4-6,14H2,1-3H3,(H,15,16,17). The molecule has 0 bridgehead atoms. The number of nitrogen functional groups attached to an aromatic ring is 1. The number of nitrogens with one attached hydrogen (secondary N) is 1. The number of hydrogen-bond acceptors (Lipinski definition) is 6. The molecule has 1 aliphatic heterocycles. The van der Waals surface area contributed by atoms with Crippen molar-refractivity contribution in [2.75, 3.05) is 25.1 Å².